The Bertz CT molecular complexity index is 797. The molecule has 136 valence electrons. The summed E-state index contributed by atoms with van der Waals surface area (Å²) in [6.45, 7) is 5.40. The number of rotatable bonds is 5. The molecule has 2 atom stereocenters. The summed E-state index contributed by atoms with van der Waals surface area (Å²) in [5, 5.41) is 23.2. The molecule has 2 aromatic rings. The lowest BCUT2D eigenvalue weighted by Crippen LogP contribution is -2.34. The van der Waals surface area contributed by atoms with Crippen molar-refractivity contribution >= 4 is 17.0 Å². The first-order valence-corrected chi connectivity index (χ1v) is 7.98. The third-order valence-electron chi connectivity index (χ3n) is 3.48. The van der Waals surface area contributed by atoms with Crippen LogP contribution in [0.15, 0.2) is 29.3 Å². The molecule has 0 aliphatic rings. The van der Waals surface area contributed by atoms with Crippen LogP contribution in [0.4, 0.5) is 4.79 Å². The topological polar surface area (TPSA) is 125 Å². The van der Waals surface area contributed by atoms with E-state index in [-0.39, 0.29) is 18.5 Å². The average molecular weight is 349 g/mol. The molecule has 0 spiro atoms. The molecule has 0 saturated heterocycles. The third kappa shape index (κ3) is 5.27. The molecule has 4 N–H and O–H groups in total. The van der Waals surface area contributed by atoms with E-state index in [1.54, 1.807) is 32.9 Å². The number of H-pyrrole nitrogens is 1. The van der Waals surface area contributed by atoms with Gasteiger partial charge in [-0.15, -0.1) is 0 Å². The molecule has 0 bridgehead atoms. The lowest BCUT2D eigenvalue weighted by molar-refractivity contribution is 0.0124. The lowest BCUT2D eigenvalue weighted by atomic mass is 10.0. The molecule has 25 heavy (non-hydrogen) atoms. The van der Waals surface area contributed by atoms with Crippen molar-refractivity contribution in [3.05, 3.63) is 40.4 Å². The monoisotopic (exact) mass is 349 g/mol. The Hall–Kier alpha value is -2.45. The van der Waals surface area contributed by atoms with Gasteiger partial charge in [-0.05, 0) is 44.9 Å². The molecule has 1 aromatic carbocycles. The van der Waals surface area contributed by atoms with Crippen LogP contribution in [0.3, 0.4) is 0 Å². The number of alkyl carbamates (subject to hydrolysis) is 1. The Morgan fingerprint density at radius 1 is 1.36 bits per heavy atom. The van der Waals surface area contributed by atoms with Gasteiger partial charge in [0.1, 0.15) is 11.7 Å². The molecule has 0 saturated carbocycles. The molecular weight excluding hydrogens is 326 g/mol. The number of fused-ring (bicyclic) bond motifs is 1. The quantitative estimate of drug-likeness (QED) is 0.643. The van der Waals surface area contributed by atoms with Gasteiger partial charge < -0.3 is 25.3 Å². The van der Waals surface area contributed by atoms with Gasteiger partial charge in [0.05, 0.1) is 23.3 Å². The van der Waals surface area contributed by atoms with E-state index >= 15 is 0 Å². The number of aromatic amines is 1. The van der Waals surface area contributed by atoms with Crippen LogP contribution < -0.4 is 10.9 Å². The van der Waals surface area contributed by atoms with Gasteiger partial charge in [-0.3, -0.25) is 4.79 Å². The van der Waals surface area contributed by atoms with Gasteiger partial charge in [0.25, 0.3) is 5.56 Å². The number of hydrogen-bond acceptors (Lipinski definition) is 6. The maximum absolute atomic E-state index is 11.8. The highest BCUT2D eigenvalue weighted by Crippen LogP contribution is 2.21. The maximum Gasteiger partial charge on any atom is 0.407 e. The molecule has 1 heterocycles. The molecule has 1 aromatic heterocycles. The van der Waals surface area contributed by atoms with Crippen molar-refractivity contribution in [3.63, 3.8) is 0 Å². The fourth-order valence-corrected chi connectivity index (χ4v) is 2.29. The Morgan fingerprint density at radius 3 is 2.76 bits per heavy atom. The number of hydrogen-bond donors (Lipinski definition) is 4. The zero-order valence-corrected chi connectivity index (χ0v) is 14.4. The summed E-state index contributed by atoms with van der Waals surface area (Å²) in [4.78, 5) is 29.8. The molecule has 8 heteroatoms. The van der Waals surface area contributed by atoms with Crippen molar-refractivity contribution in [1.29, 1.82) is 0 Å². The molecule has 2 rings (SSSR count). The first kappa shape index (κ1) is 18.9. The minimum atomic E-state index is -1.19. The van der Waals surface area contributed by atoms with Gasteiger partial charge in [-0.25, -0.2) is 9.78 Å². The van der Waals surface area contributed by atoms with E-state index in [0.29, 0.717) is 16.5 Å². The van der Waals surface area contributed by atoms with Crippen LogP contribution in [-0.2, 0) is 4.74 Å². The predicted molar refractivity (Wildman–Crippen MR) is 92.2 cm³/mol. The van der Waals surface area contributed by atoms with Crippen LogP contribution in [0, 0.1) is 0 Å². The van der Waals surface area contributed by atoms with Gasteiger partial charge in [0.15, 0.2) is 0 Å². The van der Waals surface area contributed by atoms with Crippen LogP contribution in [-0.4, -0.2) is 44.5 Å². The number of nitrogens with zero attached hydrogens (tertiary/aromatic N) is 1. The molecular formula is C17H23N3O5. The number of aromatic nitrogens is 2. The predicted octanol–water partition coefficient (Wildman–Crippen LogP) is 1.23. The van der Waals surface area contributed by atoms with Crippen LogP contribution >= 0.6 is 0 Å². The number of carbonyl (C=O) groups is 1. The SMILES string of the molecule is CC(C)(C)OC(=O)NCCC(O)C(O)c1ccc2nc[nH]c(=O)c2c1. The summed E-state index contributed by atoms with van der Waals surface area (Å²) in [6, 6.07) is 4.70. The van der Waals surface area contributed by atoms with E-state index in [1.165, 1.54) is 12.4 Å². The van der Waals surface area contributed by atoms with Gasteiger partial charge >= 0.3 is 6.09 Å². The van der Waals surface area contributed by atoms with Crippen molar-refractivity contribution in [1.82, 2.24) is 15.3 Å². The highest BCUT2D eigenvalue weighted by Gasteiger charge is 2.20. The van der Waals surface area contributed by atoms with Gasteiger partial charge in [-0.2, -0.15) is 0 Å². The largest absolute Gasteiger partial charge is 0.444 e. The van der Waals surface area contributed by atoms with Crippen molar-refractivity contribution < 1.29 is 19.7 Å². The number of nitrogens with one attached hydrogen (secondary N) is 2. The first-order valence-electron chi connectivity index (χ1n) is 7.98. The van der Waals surface area contributed by atoms with E-state index in [2.05, 4.69) is 15.3 Å². The lowest BCUT2D eigenvalue weighted by Gasteiger charge is -2.21. The second kappa shape index (κ2) is 7.62. The van der Waals surface area contributed by atoms with E-state index in [0.717, 1.165) is 0 Å². The Labute approximate surface area is 144 Å². The Morgan fingerprint density at radius 2 is 2.08 bits per heavy atom. The second-order valence-electron chi connectivity index (χ2n) is 6.74. The highest BCUT2D eigenvalue weighted by molar-refractivity contribution is 5.78. The molecule has 0 fully saturated rings. The van der Waals surface area contributed by atoms with Crippen molar-refractivity contribution in [2.24, 2.45) is 0 Å². The fraction of sp³-hybridized carbons (Fsp3) is 0.471. The maximum atomic E-state index is 11.8. The first-order chi connectivity index (χ1) is 11.7. The van der Waals surface area contributed by atoms with E-state index < -0.39 is 23.9 Å². The molecule has 0 aliphatic heterocycles. The second-order valence-corrected chi connectivity index (χ2v) is 6.74. The summed E-state index contributed by atoms with van der Waals surface area (Å²) in [5.41, 5.74) is -0.0225. The smallest absolute Gasteiger partial charge is 0.407 e. The summed E-state index contributed by atoms with van der Waals surface area (Å²) in [6.07, 6.45) is -1.45. The minimum absolute atomic E-state index is 0.127. The molecule has 8 nitrogen and oxygen atoms in total. The van der Waals surface area contributed by atoms with E-state index in [9.17, 15) is 19.8 Å². The summed E-state index contributed by atoms with van der Waals surface area (Å²) >= 11 is 0. The summed E-state index contributed by atoms with van der Waals surface area (Å²) in [5.74, 6) is 0. The third-order valence-corrected chi connectivity index (χ3v) is 3.48. The van der Waals surface area contributed by atoms with Crippen LogP contribution in [0.25, 0.3) is 10.9 Å². The average Bonchev–Trinajstić information content (AvgIpc) is 2.52. The highest BCUT2D eigenvalue weighted by atomic mass is 16.6. The normalized spacial score (nSPS) is 14.1. The molecule has 2 unspecified atom stereocenters. The van der Waals surface area contributed by atoms with Crippen LogP contribution in [0.1, 0.15) is 38.9 Å². The number of aliphatic hydroxyl groups excluding tert-OH is 2. The number of amides is 1. The number of carbonyl (C=O) groups excluding carboxylic acids is 1. The Balaban J connectivity index is 1.96. The number of benzene rings is 1. The fourth-order valence-electron chi connectivity index (χ4n) is 2.29. The summed E-state index contributed by atoms with van der Waals surface area (Å²) < 4.78 is 5.09. The minimum Gasteiger partial charge on any atom is -0.444 e. The van der Waals surface area contributed by atoms with Crippen LogP contribution in [0.5, 0.6) is 0 Å². The van der Waals surface area contributed by atoms with Gasteiger partial charge in [0, 0.05) is 6.54 Å². The standard InChI is InChI=1S/C17H23N3O5/c1-17(2,3)25-16(24)18-7-6-13(21)14(22)10-4-5-12-11(8-10)15(23)20-9-19-12/h4-5,8-9,13-14,21-22H,6-7H2,1-3H3,(H,18,24)(H,19,20,23). The van der Waals surface area contributed by atoms with Crippen molar-refractivity contribution in [3.8, 4) is 0 Å². The van der Waals surface area contributed by atoms with Gasteiger partial charge in [-0.1, -0.05) is 6.07 Å². The number of ether oxygens (including phenoxy) is 1. The summed E-state index contributed by atoms with van der Waals surface area (Å²) in [7, 11) is 0. The van der Waals surface area contributed by atoms with E-state index in [4.69, 9.17) is 4.74 Å². The van der Waals surface area contributed by atoms with Crippen molar-refractivity contribution in [2.45, 2.75) is 45.0 Å². The number of aliphatic hydroxyl groups is 2. The molecule has 1 amide bonds. The zero-order valence-electron chi connectivity index (χ0n) is 14.4. The van der Waals surface area contributed by atoms with Gasteiger partial charge in [0.2, 0.25) is 0 Å². The molecule has 0 radical (unpaired) electrons. The zero-order chi connectivity index (χ0) is 18.6. The van der Waals surface area contributed by atoms with Crippen molar-refractivity contribution in [2.75, 3.05) is 6.54 Å². The Kier molecular flexibility index (Phi) is 5.76. The molecule has 0 aliphatic carbocycles. The van der Waals surface area contributed by atoms with Crippen LogP contribution in [0.2, 0.25) is 0 Å². The van der Waals surface area contributed by atoms with E-state index in [1.807, 2.05) is 0 Å².